The van der Waals surface area contributed by atoms with Gasteiger partial charge in [0.2, 0.25) is 0 Å². The second-order valence-corrected chi connectivity index (χ2v) is 8.30. The smallest absolute Gasteiger partial charge is 0.317 e. The minimum Gasteiger partial charge on any atom is -0.455 e. The molecular formula is C17H16BrFN2O3S. The van der Waals surface area contributed by atoms with Crippen molar-refractivity contribution in [3.05, 3.63) is 45.6 Å². The third kappa shape index (κ3) is 4.07. The van der Waals surface area contributed by atoms with Crippen molar-refractivity contribution in [1.82, 2.24) is 4.98 Å². The van der Waals surface area contributed by atoms with Gasteiger partial charge >= 0.3 is 5.97 Å². The fraction of sp³-hybridized carbons (Fsp3) is 0.353. The number of carbonyl (C=O) groups excluding carboxylic acids is 2. The number of anilines is 1. The molecule has 132 valence electrons. The van der Waals surface area contributed by atoms with Crippen molar-refractivity contribution in [1.29, 1.82) is 0 Å². The van der Waals surface area contributed by atoms with Gasteiger partial charge in [-0.3, -0.25) is 14.9 Å². The van der Waals surface area contributed by atoms with Gasteiger partial charge in [0.05, 0.1) is 15.4 Å². The summed E-state index contributed by atoms with van der Waals surface area (Å²) in [6.07, 6.45) is 4.64. The fourth-order valence-corrected chi connectivity index (χ4v) is 4.22. The van der Waals surface area contributed by atoms with E-state index in [1.54, 1.807) is 18.3 Å². The van der Waals surface area contributed by atoms with Crippen LogP contribution < -0.4 is 5.32 Å². The number of nitrogens with zero attached hydrogens (tertiary/aromatic N) is 1. The Hall–Kier alpha value is -1.80. The van der Waals surface area contributed by atoms with Gasteiger partial charge in [-0.1, -0.05) is 36.3 Å². The second-order valence-electron chi connectivity index (χ2n) is 5.89. The Morgan fingerprint density at radius 2 is 1.96 bits per heavy atom. The van der Waals surface area contributed by atoms with E-state index in [0.717, 1.165) is 22.2 Å². The highest BCUT2D eigenvalue weighted by molar-refractivity contribution is 9.11. The normalized spacial score (nSPS) is 15.8. The number of hydrogen-bond donors (Lipinski definition) is 1. The SMILES string of the molecule is O=C(COC(=O)C1(c2ccc(F)cc2)CCCC1)Nc1ncc(Br)s1. The minimum atomic E-state index is -0.793. The lowest BCUT2D eigenvalue weighted by molar-refractivity contribution is -0.153. The van der Waals surface area contributed by atoms with Gasteiger partial charge in [0.15, 0.2) is 11.7 Å². The Labute approximate surface area is 156 Å². The highest BCUT2D eigenvalue weighted by Gasteiger charge is 2.44. The number of carbonyl (C=O) groups is 2. The number of ether oxygens (including phenoxy) is 1. The Bertz CT molecular complexity index is 772. The molecular weight excluding hydrogens is 411 g/mol. The van der Waals surface area contributed by atoms with Crippen LogP contribution in [-0.4, -0.2) is 23.5 Å². The first-order valence-corrected chi connectivity index (χ1v) is 9.45. The Morgan fingerprint density at radius 3 is 2.56 bits per heavy atom. The van der Waals surface area contributed by atoms with E-state index in [4.69, 9.17) is 4.74 Å². The molecule has 0 atom stereocenters. The molecule has 1 aliphatic carbocycles. The molecule has 5 nitrogen and oxygen atoms in total. The Balaban J connectivity index is 1.65. The molecule has 3 rings (SSSR count). The number of thiazole rings is 1. The van der Waals surface area contributed by atoms with Gasteiger partial charge in [-0.15, -0.1) is 0 Å². The number of benzene rings is 1. The number of nitrogens with one attached hydrogen (secondary N) is 1. The first kappa shape index (κ1) is 18.0. The van der Waals surface area contributed by atoms with Gasteiger partial charge in [0, 0.05) is 0 Å². The van der Waals surface area contributed by atoms with Crippen molar-refractivity contribution in [2.75, 3.05) is 11.9 Å². The van der Waals surface area contributed by atoms with E-state index in [9.17, 15) is 14.0 Å². The monoisotopic (exact) mass is 426 g/mol. The van der Waals surface area contributed by atoms with Gasteiger partial charge in [-0.2, -0.15) is 0 Å². The highest BCUT2D eigenvalue weighted by Crippen LogP contribution is 2.42. The van der Waals surface area contributed by atoms with Crippen LogP contribution in [0, 0.1) is 5.82 Å². The van der Waals surface area contributed by atoms with E-state index in [1.807, 2.05) is 0 Å². The van der Waals surface area contributed by atoms with Crippen molar-refractivity contribution >= 4 is 44.3 Å². The summed E-state index contributed by atoms with van der Waals surface area (Å²) in [4.78, 5) is 28.6. The molecule has 25 heavy (non-hydrogen) atoms. The van der Waals surface area contributed by atoms with Crippen molar-refractivity contribution in [2.24, 2.45) is 0 Å². The second kappa shape index (κ2) is 7.61. The number of esters is 1. The molecule has 1 saturated carbocycles. The van der Waals surface area contributed by atoms with Crippen LogP contribution in [0.2, 0.25) is 0 Å². The zero-order valence-electron chi connectivity index (χ0n) is 13.3. The number of aromatic nitrogens is 1. The summed E-state index contributed by atoms with van der Waals surface area (Å²) < 4.78 is 19.3. The van der Waals surface area contributed by atoms with Gasteiger partial charge in [0.1, 0.15) is 5.82 Å². The summed E-state index contributed by atoms with van der Waals surface area (Å²) in [6.45, 7) is -0.376. The molecule has 0 bridgehead atoms. The molecule has 1 aromatic carbocycles. The molecule has 1 N–H and O–H groups in total. The van der Waals surface area contributed by atoms with E-state index in [-0.39, 0.29) is 12.4 Å². The standard InChI is InChI=1S/C17H16BrFN2O3S/c18-13-9-20-16(25-13)21-14(22)10-24-15(23)17(7-1-2-8-17)11-3-5-12(19)6-4-11/h3-6,9H,1-2,7-8,10H2,(H,20,21,22). The third-order valence-corrected chi connectivity index (χ3v) is 5.69. The van der Waals surface area contributed by atoms with Gasteiger partial charge in [-0.05, 0) is 46.5 Å². The number of hydrogen-bond acceptors (Lipinski definition) is 5. The van der Waals surface area contributed by atoms with E-state index >= 15 is 0 Å². The molecule has 1 aliphatic rings. The van der Waals surface area contributed by atoms with Gasteiger partial charge in [-0.25, -0.2) is 9.37 Å². The summed E-state index contributed by atoms with van der Waals surface area (Å²) in [6, 6.07) is 5.93. The lowest BCUT2D eigenvalue weighted by Gasteiger charge is -2.27. The van der Waals surface area contributed by atoms with Crippen LogP contribution in [0.1, 0.15) is 31.2 Å². The van der Waals surface area contributed by atoms with E-state index in [2.05, 4.69) is 26.2 Å². The predicted octanol–water partition coefficient (Wildman–Crippen LogP) is 4.04. The van der Waals surface area contributed by atoms with Crippen LogP contribution in [-0.2, 0) is 19.7 Å². The molecule has 0 radical (unpaired) electrons. The number of amides is 1. The zero-order chi connectivity index (χ0) is 17.9. The fourth-order valence-electron chi connectivity index (χ4n) is 3.09. The summed E-state index contributed by atoms with van der Waals surface area (Å²) in [5.41, 5.74) is -0.0567. The molecule has 1 heterocycles. The first-order valence-electron chi connectivity index (χ1n) is 7.84. The van der Waals surface area contributed by atoms with E-state index in [0.29, 0.717) is 18.0 Å². The Kier molecular flexibility index (Phi) is 5.48. The average molecular weight is 427 g/mol. The predicted molar refractivity (Wildman–Crippen MR) is 95.9 cm³/mol. The van der Waals surface area contributed by atoms with Crippen LogP contribution in [0.15, 0.2) is 34.2 Å². The van der Waals surface area contributed by atoms with Crippen LogP contribution in [0.25, 0.3) is 0 Å². The average Bonchev–Trinajstić information content (AvgIpc) is 3.23. The Morgan fingerprint density at radius 1 is 1.28 bits per heavy atom. The van der Waals surface area contributed by atoms with Crippen molar-refractivity contribution in [3.63, 3.8) is 0 Å². The molecule has 0 spiro atoms. The van der Waals surface area contributed by atoms with E-state index in [1.165, 1.54) is 23.5 Å². The van der Waals surface area contributed by atoms with E-state index < -0.39 is 17.3 Å². The van der Waals surface area contributed by atoms with Gasteiger partial charge < -0.3 is 4.74 Å². The molecule has 1 amide bonds. The number of halogens is 2. The molecule has 8 heteroatoms. The highest BCUT2D eigenvalue weighted by atomic mass is 79.9. The maximum Gasteiger partial charge on any atom is 0.317 e. The lowest BCUT2D eigenvalue weighted by atomic mass is 9.79. The molecule has 0 unspecified atom stereocenters. The molecule has 2 aromatic rings. The van der Waals surface area contributed by atoms with Crippen molar-refractivity contribution < 1.29 is 18.7 Å². The molecule has 0 aliphatic heterocycles. The van der Waals surface area contributed by atoms with Gasteiger partial charge in [0.25, 0.3) is 5.91 Å². The largest absolute Gasteiger partial charge is 0.455 e. The maximum absolute atomic E-state index is 13.2. The zero-order valence-corrected chi connectivity index (χ0v) is 15.7. The summed E-state index contributed by atoms with van der Waals surface area (Å²) in [5, 5.41) is 3.01. The van der Waals surface area contributed by atoms with Crippen LogP contribution in [0.3, 0.4) is 0 Å². The molecule has 1 fully saturated rings. The summed E-state index contributed by atoms with van der Waals surface area (Å²) in [5.74, 6) is -1.23. The third-order valence-electron chi connectivity index (χ3n) is 4.30. The van der Waals surface area contributed by atoms with Crippen molar-refractivity contribution in [3.8, 4) is 0 Å². The van der Waals surface area contributed by atoms with Crippen LogP contribution >= 0.6 is 27.3 Å². The first-order chi connectivity index (χ1) is 12.0. The topological polar surface area (TPSA) is 68.3 Å². The number of rotatable bonds is 5. The minimum absolute atomic E-state index is 0.348. The molecule has 1 aromatic heterocycles. The summed E-state index contributed by atoms with van der Waals surface area (Å²) in [7, 11) is 0. The summed E-state index contributed by atoms with van der Waals surface area (Å²) >= 11 is 4.53. The van der Waals surface area contributed by atoms with Crippen LogP contribution in [0.5, 0.6) is 0 Å². The quantitative estimate of drug-likeness (QED) is 0.732. The molecule has 0 saturated heterocycles. The maximum atomic E-state index is 13.2. The lowest BCUT2D eigenvalue weighted by Crippen LogP contribution is -2.36. The van der Waals surface area contributed by atoms with Crippen LogP contribution in [0.4, 0.5) is 9.52 Å². The van der Waals surface area contributed by atoms with Crippen molar-refractivity contribution in [2.45, 2.75) is 31.1 Å².